The zero-order valence-electron chi connectivity index (χ0n) is 34.2. The van der Waals surface area contributed by atoms with Crippen LogP contribution >= 0.6 is 0 Å². The Morgan fingerprint density at radius 1 is 0.359 bits per heavy atom. The lowest BCUT2D eigenvalue weighted by atomic mass is 9.94. The Hall–Kier alpha value is -8.74. The van der Waals surface area contributed by atoms with Crippen LogP contribution in [-0.4, -0.2) is 23.7 Å². The Morgan fingerprint density at radius 2 is 0.938 bits per heavy atom. The van der Waals surface area contributed by atoms with E-state index in [1.807, 2.05) is 12.1 Å². The number of aromatic nitrogens is 5. The molecule has 9 aromatic carbocycles. The van der Waals surface area contributed by atoms with Crippen LogP contribution in [0.1, 0.15) is 0 Å². The van der Waals surface area contributed by atoms with Gasteiger partial charge in [-0.15, -0.1) is 0 Å². The van der Waals surface area contributed by atoms with Crippen molar-refractivity contribution in [1.82, 2.24) is 23.7 Å². The molecule has 0 amide bonds. The van der Waals surface area contributed by atoms with E-state index in [9.17, 15) is 0 Å². The molecule has 0 fully saturated rings. The monoisotopic (exact) mass is 815 g/mol. The van der Waals surface area contributed by atoms with Gasteiger partial charge in [0.25, 0.3) is 0 Å². The molecule has 0 radical (unpaired) electrons. The summed E-state index contributed by atoms with van der Waals surface area (Å²) in [5, 5.41) is 8.87. The second-order valence-electron chi connectivity index (χ2n) is 16.9. The normalized spacial score (nSPS) is 12.4. The van der Waals surface area contributed by atoms with Gasteiger partial charge in [0.2, 0.25) is 11.7 Å². The summed E-state index contributed by atoms with van der Waals surface area (Å²) in [6.45, 7) is 0. The molecule has 14 aromatic rings. The summed E-state index contributed by atoms with van der Waals surface area (Å²) in [4.78, 5) is 11.0. The molecule has 5 aromatic heterocycles. The Kier molecular flexibility index (Phi) is 6.59. The third kappa shape index (κ3) is 4.43. The molecule has 0 atom stereocenters. The van der Waals surface area contributed by atoms with E-state index in [-0.39, 0.29) is 0 Å². The highest BCUT2D eigenvalue weighted by Crippen LogP contribution is 2.48. The molecule has 6 heterocycles. The Labute approximate surface area is 365 Å². The van der Waals surface area contributed by atoms with E-state index in [0.29, 0.717) is 11.7 Å². The quantitative estimate of drug-likeness (QED) is 0.178. The average molecular weight is 816 g/mol. The van der Waals surface area contributed by atoms with E-state index in [4.69, 9.17) is 14.4 Å². The number of para-hydroxylation sites is 6. The Balaban J connectivity index is 1.04. The molecule has 0 N–H and O–H groups in total. The van der Waals surface area contributed by atoms with Crippen LogP contribution in [0.5, 0.6) is 0 Å². The van der Waals surface area contributed by atoms with Crippen LogP contribution < -0.4 is 0 Å². The number of hydrogen-bond donors (Lipinski definition) is 0. The summed E-state index contributed by atoms with van der Waals surface area (Å²) in [5.74, 6) is 0.559. The van der Waals surface area contributed by atoms with Crippen molar-refractivity contribution < 1.29 is 4.42 Å². The molecule has 15 rings (SSSR count). The first-order chi connectivity index (χ1) is 31.8. The van der Waals surface area contributed by atoms with Crippen molar-refractivity contribution in [2.45, 2.75) is 0 Å². The van der Waals surface area contributed by atoms with Crippen LogP contribution in [0, 0.1) is 0 Å². The van der Waals surface area contributed by atoms with Gasteiger partial charge in [-0.05, 0) is 71.8 Å². The van der Waals surface area contributed by atoms with Gasteiger partial charge in [-0.1, -0.05) is 140 Å². The molecule has 0 saturated heterocycles. The number of fused-ring (bicyclic) bond motifs is 17. The second-order valence-corrected chi connectivity index (χ2v) is 16.9. The third-order valence-corrected chi connectivity index (χ3v) is 13.6. The van der Waals surface area contributed by atoms with Gasteiger partial charge < -0.3 is 13.6 Å². The first-order valence-corrected chi connectivity index (χ1v) is 21.7. The molecule has 6 heteroatoms. The maximum Gasteiger partial charge on any atom is 0.238 e. The van der Waals surface area contributed by atoms with E-state index in [1.165, 1.54) is 49.6 Å². The van der Waals surface area contributed by atoms with Crippen LogP contribution in [0.15, 0.2) is 205 Å². The summed E-state index contributed by atoms with van der Waals surface area (Å²) in [6.07, 6.45) is 0. The lowest BCUT2D eigenvalue weighted by Gasteiger charge is -2.12. The van der Waals surface area contributed by atoms with Crippen molar-refractivity contribution in [3.8, 4) is 50.8 Å². The van der Waals surface area contributed by atoms with Crippen LogP contribution in [0.2, 0.25) is 0 Å². The van der Waals surface area contributed by atoms with E-state index < -0.39 is 0 Å². The van der Waals surface area contributed by atoms with Gasteiger partial charge in [0.15, 0.2) is 0 Å². The molecule has 0 bridgehead atoms. The molecule has 0 spiro atoms. The highest BCUT2D eigenvalue weighted by molar-refractivity contribution is 6.22. The highest BCUT2D eigenvalue weighted by Gasteiger charge is 2.27. The van der Waals surface area contributed by atoms with Crippen LogP contribution in [-0.2, 0) is 0 Å². The molecule has 64 heavy (non-hydrogen) atoms. The highest BCUT2D eigenvalue weighted by atomic mass is 16.3. The standard InChI is InChI=1S/C58H33N5O/c1-2-15-35(16-3-1)61-47-25-10-7-20-39(47)44-31-34(29-30-50(44)61)55-54-43-22-9-13-28-53(43)64-57(54)60-58(59-55)63-49-27-12-8-21-40(49)45-32-51-46(33-52(45)63)42-24-14-23-41-37-18-5-4-17-36(37)38-19-6-11-26-48(38)62(51)56(41)42/h1-33H. The minimum Gasteiger partial charge on any atom is -0.437 e. The van der Waals surface area contributed by atoms with Gasteiger partial charge >= 0.3 is 0 Å². The zero-order valence-corrected chi connectivity index (χ0v) is 34.2. The first kappa shape index (κ1) is 33.9. The average Bonchev–Trinajstić information content (AvgIpc) is 4.07. The molecule has 6 nitrogen and oxygen atoms in total. The lowest BCUT2D eigenvalue weighted by molar-refractivity contribution is 0.651. The largest absolute Gasteiger partial charge is 0.437 e. The molecule has 296 valence electrons. The number of nitrogens with zero attached hydrogens (tertiary/aromatic N) is 5. The summed E-state index contributed by atoms with van der Waals surface area (Å²) >= 11 is 0. The Morgan fingerprint density at radius 3 is 1.75 bits per heavy atom. The minimum atomic E-state index is 0.554. The fraction of sp³-hybridized carbons (Fsp3) is 0. The summed E-state index contributed by atoms with van der Waals surface area (Å²) in [5.41, 5.74) is 17.1. The molecule has 1 aliphatic heterocycles. The predicted octanol–water partition coefficient (Wildman–Crippen LogP) is 15.0. The fourth-order valence-electron chi connectivity index (χ4n) is 11.0. The van der Waals surface area contributed by atoms with Gasteiger partial charge in [-0.3, -0.25) is 4.57 Å². The smallest absolute Gasteiger partial charge is 0.238 e. The van der Waals surface area contributed by atoms with Gasteiger partial charge in [0, 0.05) is 60.1 Å². The molecular formula is C58H33N5O. The van der Waals surface area contributed by atoms with Crippen molar-refractivity contribution in [1.29, 1.82) is 0 Å². The third-order valence-electron chi connectivity index (χ3n) is 13.6. The van der Waals surface area contributed by atoms with E-state index >= 15 is 0 Å². The van der Waals surface area contributed by atoms with Crippen LogP contribution in [0.4, 0.5) is 0 Å². The van der Waals surface area contributed by atoms with Crippen molar-refractivity contribution in [2.75, 3.05) is 0 Å². The van der Waals surface area contributed by atoms with Gasteiger partial charge in [-0.2, -0.15) is 4.98 Å². The number of hydrogen-bond acceptors (Lipinski definition) is 3. The SMILES string of the molecule is c1ccc(-n2c3ccccc3c3cc(-c4nc(-n5c6ccccc6c6cc7c(cc65)c5cccc6c5n7-c5ccccc5-c5ccccc5-6)nc5oc6ccccc6c45)ccc32)cc1. The van der Waals surface area contributed by atoms with Crippen LogP contribution in [0.3, 0.4) is 0 Å². The summed E-state index contributed by atoms with van der Waals surface area (Å²) < 4.78 is 13.7. The summed E-state index contributed by atoms with van der Waals surface area (Å²) in [6, 6.07) is 71.9. The van der Waals surface area contributed by atoms with Crippen molar-refractivity contribution in [3.05, 3.63) is 200 Å². The van der Waals surface area contributed by atoms with Gasteiger partial charge in [-0.25, -0.2) is 4.98 Å². The maximum absolute atomic E-state index is 6.66. The predicted molar refractivity (Wildman–Crippen MR) is 262 cm³/mol. The van der Waals surface area contributed by atoms with E-state index in [2.05, 4.69) is 202 Å². The number of rotatable bonds is 3. The molecule has 0 aliphatic carbocycles. The fourth-order valence-corrected chi connectivity index (χ4v) is 11.0. The Bertz CT molecular complexity index is 4320. The lowest BCUT2D eigenvalue weighted by Crippen LogP contribution is -2.03. The van der Waals surface area contributed by atoms with Crippen molar-refractivity contribution >= 4 is 87.5 Å². The molecular weight excluding hydrogens is 783 g/mol. The topological polar surface area (TPSA) is 53.7 Å². The van der Waals surface area contributed by atoms with Crippen LogP contribution in [0.25, 0.3) is 138 Å². The maximum atomic E-state index is 6.66. The zero-order chi connectivity index (χ0) is 41.6. The second kappa shape index (κ2) is 12.4. The van der Waals surface area contributed by atoms with Crippen molar-refractivity contribution in [2.24, 2.45) is 0 Å². The van der Waals surface area contributed by atoms with Crippen molar-refractivity contribution in [3.63, 3.8) is 0 Å². The summed E-state index contributed by atoms with van der Waals surface area (Å²) in [7, 11) is 0. The minimum absolute atomic E-state index is 0.554. The van der Waals surface area contributed by atoms with E-state index in [0.717, 1.165) is 77.0 Å². The van der Waals surface area contributed by atoms with Gasteiger partial charge in [0.05, 0.1) is 49.9 Å². The molecule has 0 unspecified atom stereocenters. The number of benzene rings is 9. The van der Waals surface area contributed by atoms with E-state index in [1.54, 1.807) is 0 Å². The first-order valence-electron chi connectivity index (χ1n) is 21.7. The van der Waals surface area contributed by atoms with Gasteiger partial charge in [0.1, 0.15) is 5.58 Å². The number of furan rings is 1. The molecule has 0 saturated carbocycles. The molecule has 1 aliphatic rings.